The largest absolute Gasteiger partial charge is 0.497 e. The summed E-state index contributed by atoms with van der Waals surface area (Å²) in [5.41, 5.74) is 1.53. The minimum absolute atomic E-state index is 0.861. The molecule has 4 nitrogen and oxygen atoms in total. The Labute approximate surface area is 125 Å². The SMILES string of the molecule is COc1ccc2ccnc(NCCC3=CCNCC3)c2c1. The van der Waals surface area contributed by atoms with E-state index >= 15 is 0 Å². The van der Waals surface area contributed by atoms with Gasteiger partial charge in [-0.05, 0) is 43.0 Å². The second-order valence-corrected chi connectivity index (χ2v) is 5.24. The highest BCUT2D eigenvalue weighted by Crippen LogP contribution is 2.25. The minimum Gasteiger partial charge on any atom is -0.497 e. The maximum Gasteiger partial charge on any atom is 0.133 e. The number of hydrogen-bond acceptors (Lipinski definition) is 4. The Balaban J connectivity index is 1.72. The van der Waals surface area contributed by atoms with Crippen LogP contribution >= 0.6 is 0 Å². The van der Waals surface area contributed by atoms with Gasteiger partial charge < -0.3 is 15.4 Å². The van der Waals surface area contributed by atoms with Gasteiger partial charge in [0.25, 0.3) is 0 Å². The zero-order valence-corrected chi connectivity index (χ0v) is 12.4. The molecule has 0 saturated carbocycles. The fourth-order valence-electron chi connectivity index (χ4n) is 2.65. The van der Waals surface area contributed by atoms with E-state index in [-0.39, 0.29) is 0 Å². The van der Waals surface area contributed by atoms with Crippen molar-refractivity contribution < 1.29 is 4.74 Å². The van der Waals surface area contributed by atoms with Crippen molar-refractivity contribution in [3.63, 3.8) is 0 Å². The van der Waals surface area contributed by atoms with Crippen LogP contribution in [0.15, 0.2) is 42.1 Å². The second-order valence-electron chi connectivity index (χ2n) is 5.24. The van der Waals surface area contributed by atoms with Crippen LogP contribution in [0, 0.1) is 0 Å². The smallest absolute Gasteiger partial charge is 0.133 e. The first-order valence-electron chi connectivity index (χ1n) is 7.42. The molecular weight excluding hydrogens is 262 g/mol. The molecule has 1 aliphatic rings. The highest BCUT2D eigenvalue weighted by molar-refractivity contribution is 5.92. The lowest BCUT2D eigenvalue weighted by molar-refractivity contribution is 0.415. The van der Waals surface area contributed by atoms with Gasteiger partial charge in [0, 0.05) is 24.7 Å². The maximum absolute atomic E-state index is 5.31. The van der Waals surface area contributed by atoms with E-state index in [2.05, 4.69) is 27.8 Å². The molecule has 21 heavy (non-hydrogen) atoms. The summed E-state index contributed by atoms with van der Waals surface area (Å²) < 4.78 is 5.31. The molecule has 3 rings (SSSR count). The molecule has 4 heteroatoms. The van der Waals surface area contributed by atoms with Gasteiger partial charge in [0.1, 0.15) is 11.6 Å². The van der Waals surface area contributed by atoms with Gasteiger partial charge in [-0.1, -0.05) is 17.7 Å². The van der Waals surface area contributed by atoms with Gasteiger partial charge in [-0.3, -0.25) is 0 Å². The number of anilines is 1. The van der Waals surface area contributed by atoms with Gasteiger partial charge in [0.2, 0.25) is 0 Å². The molecule has 0 radical (unpaired) electrons. The Morgan fingerprint density at radius 3 is 3.10 bits per heavy atom. The summed E-state index contributed by atoms with van der Waals surface area (Å²) in [5.74, 6) is 1.79. The van der Waals surface area contributed by atoms with Crippen LogP contribution < -0.4 is 15.4 Å². The predicted octanol–water partition coefficient (Wildman–Crippen LogP) is 2.97. The van der Waals surface area contributed by atoms with Crippen LogP contribution in [0.1, 0.15) is 12.8 Å². The molecule has 0 saturated heterocycles. The molecule has 2 N–H and O–H groups in total. The Bertz CT molecular complexity index is 652. The van der Waals surface area contributed by atoms with Crippen molar-refractivity contribution in [3.05, 3.63) is 42.1 Å². The highest BCUT2D eigenvalue weighted by atomic mass is 16.5. The van der Waals surface area contributed by atoms with E-state index in [1.165, 1.54) is 11.0 Å². The topological polar surface area (TPSA) is 46.2 Å². The second kappa shape index (κ2) is 6.59. The van der Waals surface area contributed by atoms with E-state index < -0.39 is 0 Å². The number of rotatable bonds is 5. The molecule has 0 bridgehead atoms. The third-order valence-electron chi connectivity index (χ3n) is 3.87. The van der Waals surface area contributed by atoms with Gasteiger partial charge in [-0.2, -0.15) is 0 Å². The third kappa shape index (κ3) is 3.34. The first-order chi connectivity index (χ1) is 10.4. The van der Waals surface area contributed by atoms with Crippen molar-refractivity contribution in [2.75, 3.05) is 32.1 Å². The van der Waals surface area contributed by atoms with Crippen molar-refractivity contribution in [2.24, 2.45) is 0 Å². The van der Waals surface area contributed by atoms with Crippen LogP contribution in [0.2, 0.25) is 0 Å². The molecule has 2 aromatic rings. The number of pyridine rings is 1. The molecule has 0 spiro atoms. The maximum atomic E-state index is 5.31. The Kier molecular flexibility index (Phi) is 4.36. The first kappa shape index (κ1) is 13.9. The third-order valence-corrected chi connectivity index (χ3v) is 3.87. The van der Waals surface area contributed by atoms with Gasteiger partial charge >= 0.3 is 0 Å². The van der Waals surface area contributed by atoms with Crippen molar-refractivity contribution >= 4 is 16.6 Å². The summed E-state index contributed by atoms with van der Waals surface area (Å²) >= 11 is 0. The number of aromatic nitrogens is 1. The number of fused-ring (bicyclic) bond motifs is 1. The molecule has 1 aromatic carbocycles. The number of methoxy groups -OCH3 is 1. The van der Waals surface area contributed by atoms with E-state index in [0.717, 1.165) is 49.4 Å². The Morgan fingerprint density at radius 1 is 1.33 bits per heavy atom. The summed E-state index contributed by atoms with van der Waals surface area (Å²) in [6.07, 6.45) is 6.37. The van der Waals surface area contributed by atoms with Gasteiger partial charge in [0.05, 0.1) is 7.11 Å². The summed E-state index contributed by atoms with van der Waals surface area (Å²) in [7, 11) is 1.69. The van der Waals surface area contributed by atoms with E-state index in [1.807, 2.05) is 24.4 Å². The summed E-state index contributed by atoms with van der Waals surface area (Å²) in [4.78, 5) is 4.47. The summed E-state index contributed by atoms with van der Waals surface area (Å²) in [6, 6.07) is 8.10. The molecule has 0 aliphatic carbocycles. The quantitative estimate of drug-likeness (QED) is 0.828. The fraction of sp³-hybridized carbons (Fsp3) is 0.353. The van der Waals surface area contributed by atoms with Gasteiger partial charge in [-0.25, -0.2) is 4.98 Å². The average molecular weight is 283 g/mol. The van der Waals surface area contributed by atoms with Crippen molar-refractivity contribution in [1.82, 2.24) is 10.3 Å². The van der Waals surface area contributed by atoms with E-state index in [9.17, 15) is 0 Å². The van der Waals surface area contributed by atoms with Crippen LogP contribution in [-0.2, 0) is 0 Å². The molecule has 1 aromatic heterocycles. The molecule has 0 fully saturated rings. The lowest BCUT2D eigenvalue weighted by Crippen LogP contribution is -2.21. The van der Waals surface area contributed by atoms with Crippen LogP contribution in [0.5, 0.6) is 5.75 Å². The minimum atomic E-state index is 0.861. The number of ether oxygens (including phenoxy) is 1. The zero-order valence-electron chi connectivity index (χ0n) is 12.4. The summed E-state index contributed by atoms with van der Waals surface area (Å²) in [6.45, 7) is 3.00. The van der Waals surface area contributed by atoms with Crippen LogP contribution in [0.4, 0.5) is 5.82 Å². The van der Waals surface area contributed by atoms with Crippen molar-refractivity contribution in [2.45, 2.75) is 12.8 Å². The average Bonchev–Trinajstić information content (AvgIpc) is 2.55. The fourth-order valence-corrected chi connectivity index (χ4v) is 2.65. The standard InChI is InChI=1S/C17H21N3O/c1-21-15-3-2-14-7-11-20-17(16(14)12-15)19-10-6-13-4-8-18-9-5-13/h2-4,7,11-12,18H,5-6,8-10H2,1H3,(H,19,20). The highest BCUT2D eigenvalue weighted by Gasteiger charge is 2.05. The first-order valence-corrected chi connectivity index (χ1v) is 7.42. The molecule has 2 heterocycles. The normalized spacial score (nSPS) is 14.8. The number of hydrogen-bond donors (Lipinski definition) is 2. The van der Waals surface area contributed by atoms with E-state index in [4.69, 9.17) is 4.74 Å². The van der Waals surface area contributed by atoms with Gasteiger partial charge in [-0.15, -0.1) is 0 Å². The van der Waals surface area contributed by atoms with Crippen LogP contribution in [0.25, 0.3) is 10.8 Å². The molecule has 0 amide bonds. The van der Waals surface area contributed by atoms with E-state index in [0.29, 0.717) is 0 Å². The van der Waals surface area contributed by atoms with Crippen LogP contribution in [-0.4, -0.2) is 31.7 Å². The lowest BCUT2D eigenvalue weighted by Gasteiger charge is -2.15. The summed E-state index contributed by atoms with van der Waals surface area (Å²) in [5, 5.41) is 9.08. The molecule has 0 atom stereocenters. The number of benzene rings is 1. The molecular formula is C17H21N3O. The monoisotopic (exact) mass is 283 g/mol. The number of nitrogens with one attached hydrogen (secondary N) is 2. The zero-order chi connectivity index (χ0) is 14.5. The predicted molar refractivity (Wildman–Crippen MR) is 87.0 cm³/mol. The Hall–Kier alpha value is -2.07. The molecule has 0 unspecified atom stereocenters. The van der Waals surface area contributed by atoms with Crippen molar-refractivity contribution in [3.8, 4) is 5.75 Å². The Morgan fingerprint density at radius 2 is 2.29 bits per heavy atom. The lowest BCUT2D eigenvalue weighted by atomic mass is 10.1. The van der Waals surface area contributed by atoms with Crippen molar-refractivity contribution in [1.29, 1.82) is 0 Å². The molecule has 1 aliphatic heterocycles. The van der Waals surface area contributed by atoms with Gasteiger partial charge in [0.15, 0.2) is 0 Å². The van der Waals surface area contributed by atoms with Crippen LogP contribution in [0.3, 0.4) is 0 Å². The number of nitrogens with zero attached hydrogens (tertiary/aromatic N) is 1. The molecule has 110 valence electrons. The van der Waals surface area contributed by atoms with E-state index in [1.54, 1.807) is 7.11 Å².